The zero-order valence-electron chi connectivity index (χ0n) is 10.2. The van der Waals surface area contributed by atoms with Crippen LogP contribution in [0.3, 0.4) is 0 Å². The Hall–Kier alpha value is -0.170. The molecule has 1 aliphatic heterocycles. The average molecular weight is 249 g/mol. The summed E-state index contributed by atoms with van der Waals surface area (Å²) >= 11 is 0. The number of hydrogen-bond donors (Lipinski definition) is 2. The van der Waals surface area contributed by atoms with Gasteiger partial charge in [0.05, 0.1) is 0 Å². The molecule has 0 aromatic carbocycles. The zero-order valence-corrected chi connectivity index (χ0v) is 11.0. The molecule has 2 N–H and O–H groups in total. The van der Waals surface area contributed by atoms with Crippen molar-refractivity contribution < 1.29 is 8.42 Å². The third-order valence-corrected chi connectivity index (χ3v) is 4.13. The van der Waals surface area contributed by atoms with Gasteiger partial charge < -0.3 is 0 Å². The second-order valence-corrected chi connectivity index (χ2v) is 5.88. The van der Waals surface area contributed by atoms with Crippen molar-refractivity contribution in [3.8, 4) is 0 Å². The molecule has 1 atom stereocenters. The Morgan fingerprint density at radius 3 is 2.38 bits per heavy atom. The second-order valence-electron chi connectivity index (χ2n) is 4.30. The number of rotatable bonds is 6. The first-order valence-corrected chi connectivity index (χ1v) is 7.52. The Morgan fingerprint density at radius 1 is 1.19 bits per heavy atom. The molecule has 0 aliphatic carbocycles. The standard InChI is InChI=1S/C10H23N3O2S/c1-3-11-16(14,15)12-9-10(2)13-7-5-4-6-8-13/h10-12H,3-9H2,1-2H3. The lowest BCUT2D eigenvalue weighted by Crippen LogP contribution is -2.46. The van der Waals surface area contributed by atoms with Gasteiger partial charge >= 0.3 is 0 Å². The van der Waals surface area contributed by atoms with Gasteiger partial charge in [-0.05, 0) is 32.9 Å². The highest BCUT2D eigenvalue weighted by atomic mass is 32.2. The van der Waals surface area contributed by atoms with Crippen LogP contribution >= 0.6 is 0 Å². The predicted molar refractivity (Wildman–Crippen MR) is 65.5 cm³/mol. The molecule has 0 aromatic heterocycles. The van der Waals surface area contributed by atoms with E-state index in [0.717, 1.165) is 13.1 Å². The van der Waals surface area contributed by atoms with Gasteiger partial charge in [0.2, 0.25) is 0 Å². The summed E-state index contributed by atoms with van der Waals surface area (Å²) in [7, 11) is -3.29. The summed E-state index contributed by atoms with van der Waals surface area (Å²) < 4.78 is 27.8. The number of nitrogens with one attached hydrogen (secondary N) is 2. The maximum atomic E-state index is 11.4. The SMILES string of the molecule is CCNS(=O)(=O)NCC(C)N1CCCCC1. The Kier molecular flexibility index (Phi) is 5.68. The van der Waals surface area contributed by atoms with Gasteiger partial charge in [-0.3, -0.25) is 4.90 Å². The molecule has 6 heteroatoms. The second kappa shape index (κ2) is 6.54. The van der Waals surface area contributed by atoms with Crippen LogP contribution in [-0.2, 0) is 10.2 Å². The van der Waals surface area contributed by atoms with E-state index < -0.39 is 10.2 Å². The quantitative estimate of drug-likeness (QED) is 0.712. The van der Waals surface area contributed by atoms with Crippen LogP contribution in [0, 0.1) is 0 Å². The van der Waals surface area contributed by atoms with Crippen molar-refractivity contribution in [3.05, 3.63) is 0 Å². The third kappa shape index (κ3) is 4.78. The van der Waals surface area contributed by atoms with Gasteiger partial charge in [-0.15, -0.1) is 0 Å². The smallest absolute Gasteiger partial charge is 0.276 e. The molecule has 1 heterocycles. The van der Waals surface area contributed by atoms with E-state index in [9.17, 15) is 8.42 Å². The fourth-order valence-electron chi connectivity index (χ4n) is 1.96. The summed E-state index contributed by atoms with van der Waals surface area (Å²) in [5, 5.41) is 0. The van der Waals surface area contributed by atoms with Gasteiger partial charge in [0.1, 0.15) is 0 Å². The summed E-state index contributed by atoms with van der Waals surface area (Å²) in [5.74, 6) is 0. The minimum atomic E-state index is -3.29. The lowest BCUT2D eigenvalue weighted by molar-refractivity contribution is 0.175. The van der Waals surface area contributed by atoms with Gasteiger partial charge in [-0.25, -0.2) is 9.44 Å². The van der Waals surface area contributed by atoms with Crippen molar-refractivity contribution >= 4 is 10.2 Å². The van der Waals surface area contributed by atoms with E-state index in [0.29, 0.717) is 13.1 Å². The van der Waals surface area contributed by atoms with E-state index in [1.165, 1.54) is 19.3 Å². The van der Waals surface area contributed by atoms with Crippen LogP contribution in [0.1, 0.15) is 33.1 Å². The molecule has 0 bridgehead atoms. The van der Waals surface area contributed by atoms with Crippen molar-refractivity contribution in [2.75, 3.05) is 26.2 Å². The van der Waals surface area contributed by atoms with Crippen LogP contribution in [0.15, 0.2) is 0 Å². The van der Waals surface area contributed by atoms with Crippen LogP contribution in [0.4, 0.5) is 0 Å². The molecule has 0 spiro atoms. The lowest BCUT2D eigenvalue weighted by atomic mass is 10.1. The Bertz CT molecular complexity index is 286. The molecular weight excluding hydrogens is 226 g/mol. The first-order chi connectivity index (χ1) is 7.55. The molecule has 0 amide bonds. The van der Waals surface area contributed by atoms with Gasteiger partial charge in [-0.1, -0.05) is 13.3 Å². The van der Waals surface area contributed by atoms with Crippen molar-refractivity contribution in [2.45, 2.75) is 39.2 Å². The van der Waals surface area contributed by atoms with Gasteiger partial charge in [-0.2, -0.15) is 8.42 Å². The minimum Gasteiger partial charge on any atom is -0.299 e. The topological polar surface area (TPSA) is 61.4 Å². The maximum absolute atomic E-state index is 11.4. The van der Waals surface area contributed by atoms with Crippen LogP contribution in [0.5, 0.6) is 0 Å². The van der Waals surface area contributed by atoms with Crippen LogP contribution in [0.25, 0.3) is 0 Å². The summed E-state index contributed by atoms with van der Waals surface area (Å²) in [6, 6.07) is 0.272. The molecule has 1 saturated heterocycles. The Balaban J connectivity index is 2.31. The summed E-state index contributed by atoms with van der Waals surface area (Å²) in [6.45, 7) is 6.92. The average Bonchev–Trinajstić information content (AvgIpc) is 2.27. The van der Waals surface area contributed by atoms with Crippen LogP contribution < -0.4 is 9.44 Å². The van der Waals surface area contributed by atoms with Crippen molar-refractivity contribution in [3.63, 3.8) is 0 Å². The Labute approximate surface area is 98.8 Å². The fourth-order valence-corrected chi connectivity index (χ4v) is 2.90. The van der Waals surface area contributed by atoms with Gasteiger partial charge in [0, 0.05) is 19.1 Å². The predicted octanol–water partition coefficient (Wildman–Crippen LogP) is 0.305. The van der Waals surface area contributed by atoms with Crippen LogP contribution in [-0.4, -0.2) is 45.5 Å². The molecule has 1 unspecified atom stereocenters. The number of hydrogen-bond acceptors (Lipinski definition) is 3. The van der Waals surface area contributed by atoms with E-state index in [1.54, 1.807) is 6.92 Å². The normalized spacial score (nSPS) is 20.9. The lowest BCUT2D eigenvalue weighted by Gasteiger charge is -2.32. The first-order valence-electron chi connectivity index (χ1n) is 6.03. The van der Waals surface area contributed by atoms with E-state index in [-0.39, 0.29) is 6.04 Å². The molecule has 1 aliphatic rings. The van der Waals surface area contributed by atoms with Crippen LogP contribution in [0.2, 0.25) is 0 Å². The van der Waals surface area contributed by atoms with Crippen molar-refractivity contribution in [1.29, 1.82) is 0 Å². The highest BCUT2D eigenvalue weighted by Gasteiger charge is 2.18. The number of piperidine rings is 1. The van der Waals surface area contributed by atoms with E-state index in [4.69, 9.17) is 0 Å². The van der Waals surface area contributed by atoms with E-state index >= 15 is 0 Å². The monoisotopic (exact) mass is 249 g/mol. The minimum absolute atomic E-state index is 0.272. The molecule has 16 heavy (non-hydrogen) atoms. The molecule has 0 aromatic rings. The van der Waals surface area contributed by atoms with Crippen molar-refractivity contribution in [2.24, 2.45) is 0 Å². The van der Waals surface area contributed by atoms with E-state index in [1.807, 2.05) is 0 Å². The Morgan fingerprint density at radius 2 is 1.81 bits per heavy atom. The van der Waals surface area contributed by atoms with Gasteiger partial charge in [0.25, 0.3) is 10.2 Å². The van der Waals surface area contributed by atoms with Crippen molar-refractivity contribution in [1.82, 2.24) is 14.3 Å². The highest BCUT2D eigenvalue weighted by molar-refractivity contribution is 7.87. The largest absolute Gasteiger partial charge is 0.299 e. The number of likely N-dealkylation sites (tertiary alicyclic amines) is 1. The highest BCUT2D eigenvalue weighted by Crippen LogP contribution is 2.11. The summed E-state index contributed by atoms with van der Waals surface area (Å²) in [4.78, 5) is 2.35. The zero-order chi connectivity index (χ0) is 12.0. The first kappa shape index (κ1) is 13.9. The molecule has 5 nitrogen and oxygen atoms in total. The van der Waals surface area contributed by atoms with Gasteiger partial charge in [0.15, 0.2) is 0 Å². The molecule has 1 rings (SSSR count). The number of nitrogens with zero attached hydrogens (tertiary/aromatic N) is 1. The fraction of sp³-hybridized carbons (Fsp3) is 1.00. The third-order valence-electron chi connectivity index (χ3n) is 2.92. The summed E-state index contributed by atoms with van der Waals surface area (Å²) in [6.07, 6.45) is 3.75. The molecule has 0 radical (unpaired) electrons. The summed E-state index contributed by atoms with van der Waals surface area (Å²) in [5.41, 5.74) is 0. The molecule has 96 valence electrons. The molecule has 1 fully saturated rings. The maximum Gasteiger partial charge on any atom is 0.276 e. The molecule has 0 saturated carbocycles. The van der Waals surface area contributed by atoms with E-state index in [2.05, 4.69) is 21.3 Å². The molecular formula is C10H23N3O2S.